The number of thiazole rings is 1. The molecule has 1 N–H and O–H groups in total. The molecule has 2 aromatic carbocycles. The molecule has 0 fully saturated rings. The lowest BCUT2D eigenvalue weighted by Crippen LogP contribution is -2.06. The molecule has 4 aromatic rings. The van der Waals surface area contributed by atoms with E-state index in [-0.39, 0.29) is 6.10 Å². The zero-order valence-corrected chi connectivity index (χ0v) is 18.8. The van der Waals surface area contributed by atoms with Crippen molar-refractivity contribution in [1.29, 1.82) is 0 Å². The lowest BCUT2D eigenvalue weighted by molar-refractivity contribution is -0.137. The van der Waals surface area contributed by atoms with Crippen LogP contribution in [0, 0.1) is 13.8 Å². The maximum Gasteiger partial charge on any atom is 0.439 e. The third-order valence-corrected chi connectivity index (χ3v) is 6.43. The molecule has 0 saturated carbocycles. The van der Waals surface area contributed by atoms with Crippen molar-refractivity contribution in [3.63, 3.8) is 0 Å². The van der Waals surface area contributed by atoms with Crippen LogP contribution in [-0.4, -0.2) is 15.1 Å². The maximum absolute atomic E-state index is 12.8. The largest absolute Gasteiger partial charge is 0.485 e. The second-order valence-corrected chi connectivity index (χ2v) is 8.51. The predicted octanol–water partition coefficient (Wildman–Crippen LogP) is 6.32. The minimum absolute atomic E-state index is 0.275. The number of H-pyrrole nitrogens is 1. The average Bonchev–Trinajstić information content (AvgIpc) is 3.37. The van der Waals surface area contributed by atoms with Crippen molar-refractivity contribution in [2.75, 3.05) is 0 Å². The number of aromatic nitrogens is 3. The molecule has 0 aliphatic heterocycles. The van der Waals surface area contributed by atoms with Crippen LogP contribution < -0.4 is 10.5 Å². The topological polar surface area (TPSA) is 81.0 Å². The molecule has 33 heavy (non-hydrogen) atoms. The van der Waals surface area contributed by atoms with Gasteiger partial charge in [0.2, 0.25) is 0 Å². The van der Waals surface area contributed by atoms with E-state index < -0.39 is 17.5 Å². The van der Waals surface area contributed by atoms with E-state index in [9.17, 15) is 18.0 Å². The van der Waals surface area contributed by atoms with Gasteiger partial charge in [-0.25, -0.2) is 9.78 Å². The number of nitrogens with one attached hydrogen (secondary N) is 1. The normalized spacial score (nSPS) is 12.7. The highest BCUT2D eigenvalue weighted by Gasteiger charge is 2.30. The fourth-order valence-electron chi connectivity index (χ4n) is 3.44. The van der Waals surface area contributed by atoms with Gasteiger partial charge in [0, 0.05) is 11.1 Å². The highest BCUT2D eigenvalue weighted by molar-refractivity contribution is 7.15. The Morgan fingerprint density at radius 3 is 2.45 bits per heavy atom. The van der Waals surface area contributed by atoms with E-state index in [4.69, 9.17) is 4.74 Å². The molecule has 1 unspecified atom stereocenters. The molecule has 4 rings (SSSR count). The van der Waals surface area contributed by atoms with E-state index in [0.717, 1.165) is 33.8 Å². The van der Waals surface area contributed by atoms with Gasteiger partial charge in [-0.2, -0.15) is 13.2 Å². The fourth-order valence-corrected chi connectivity index (χ4v) is 4.62. The van der Waals surface area contributed by atoms with Gasteiger partial charge >= 0.3 is 11.9 Å². The molecular formula is C23H20F3N3O3S. The van der Waals surface area contributed by atoms with Gasteiger partial charge in [0.05, 0.1) is 16.1 Å². The van der Waals surface area contributed by atoms with Gasteiger partial charge in [0.25, 0.3) is 0 Å². The van der Waals surface area contributed by atoms with E-state index in [2.05, 4.69) is 19.6 Å². The van der Waals surface area contributed by atoms with Gasteiger partial charge < -0.3 is 4.74 Å². The number of nitrogens with zero attached hydrogens (tertiary/aromatic N) is 2. The predicted molar refractivity (Wildman–Crippen MR) is 118 cm³/mol. The monoisotopic (exact) mass is 475 g/mol. The van der Waals surface area contributed by atoms with Crippen LogP contribution in [0.1, 0.15) is 41.1 Å². The molecule has 0 amide bonds. The SMILES string of the molecule is CCC(Oc1ccc(-c2noc(=O)[nH]2)c(C)c1)c1sc(-c2ccc(C(F)(F)F)cc2)nc1C. The summed E-state index contributed by atoms with van der Waals surface area (Å²) in [7, 11) is 0. The molecule has 0 radical (unpaired) electrons. The Kier molecular flexibility index (Phi) is 6.11. The Bertz CT molecular complexity index is 1320. The number of aromatic amines is 1. The Morgan fingerprint density at radius 2 is 1.88 bits per heavy atom. The summed E-state index contributed by atoms with van der Waals surface area (Å²) in [5, 5.41) is 4.35. The third kappa shape index (κ3) is 4.85. The van der Waals surface area contributed by atoms with Gasteiger partial charge in [-0.1, -0.05) is 24.2 Å². The van der Waals surface area contributed by atoms with Crippen LogP contribution >= 0.6 is 11.3 Å². The Hall–Kier alpha value is -3.40. The molecule has 2 heterocycles. The van der Waals surface area contributed by atoms with Gasteiger partial charge in [-0.15, -0.1) is 11.3 Å². The highest BCUT2D eigenvalue weighted by atomic mass is 32.1. The van der Waals surface area contributed by atoms with Crippen molar-refractivity contribution < 1.29 is 22.4 Å². The molecule has 0 aliphatic carbocycles. The van der Waals surface area contributed by atoms with Crippen molar-refractivity contribution in [1.82, 2.24) is 15.1 Å². The Morgan fingerprint density at radius 1 is 1.15 bits per heavy atom. The molecule has 10 heteroatoms. The summed E-state index contributed by atoms with van der Waals surface area (Å²) in [5.41, 5.74) is 2.27. The number of rotatable bonds is 6. The van der Waals surface area contributed by atoms with Crippen molar-refractivity contribution in [3.8, 4) is 27.7 Å². The molecule has 1 atom stereocenters. The minimum Gasteiger partial charge on any atom is -0.485 e. The second kappa shape index (κ2) is 8.86. The van der Waals surface area contributed by atoms with Crippen LogP contribution in [0.4, 0.5) is 13.2 Å². The fraction of sp³-hybridized carbons (Fsp3) is 0.261. The van der Waals surface area contributed by atoms with E-state index >= 15 is 0 Å². The van der Waals surface area contributed by atoms with Gasteiger partial charge in [0.15, 0.2) is 5.82 Å². The van der Waals surface area contributed by atoms with Crippen LogP contribution in [-0.2, 0) is 6.18 Å². The first-order valence-corrected chi connectivity index (χ1v) is 11.0. The quantitative estimate of drug-likeness (QED) is 0.353. The summed E-state index contributed by atoms with van der Waals surface area (Å²) in [5.74, 6) is 0.355. The summed E-state index contributed by atoms with van der Waals surface area (Å²) in [6, 6.07) is 10.4. The van der Waals surface area contributed by atoms with Crippen molar-refractivity contribution in [2.45, 2.75) is 39.5 Å². The lowest BCUT2D eigenvalue weighted by atomic mass is 10.1. The van der Waals surface area contributed by atoms with E-state index in [1.165, 1.54) is 23.5 Å². The first-order chi connectivity index (χ1) is 15.7. The summed E-state index contributed by atoms with van der Waals surface area (Å²) in [4.78, 5) is 19.2. The summed E-state index contributed by atoms with van der Waals surface area (Å²) in [6.45, 7) is 5.72. The molecule has 6 nitrogen and oxygen atoms in total. The molecule has 0 saturated heterocycles. The second-order valence-electron chi connectivity index (χ2n) is 7.48. The molecular weight excluding hydrogens is 455 g/mol. The van der Waals surface area contributed by atoms with E-state index in [1.54, 1.807) is 12.1 Å². The molecule has 0 bridgehead atoms. The number of benzene rings is 2. The molecule has 2 aromatic heterocycles. The van der Waals surface area contributed by atoms with E-state index in [1.807, 2.05) is 26.8 Å². The molecule has 172 valence electrons. The van der Waals surface area contributed by atoms with Crippen LogP contribution in [0.2, 0.25) is 0 Å². The molecule has 0 aliphatic rings. The van der Waals surface area contributed by atoms with Gasteiger partial charge in [0.1, 0.15) is 16.9 Å². The lowest BCUT2D eigenvalue weighted by Gasteiger charge is -2.17. The number of aryl methyl sites for hydroxylation is 2. The van der Waals surface area contributed by atoms with Crippen LogP contribution in [0.25, 0.3) is 22.0 Å². The number of hydrogen-bond acceptors (Lipinski definition) is 6. The highest BCUT2D eigenvalue weighted by Crippen LogP contribution is 2.37. The summed E-state index contributed by atoms with van der Waals surface area (Å²) >= 11 is 1.41. The van der Waals surface area contributed by atoms with Crippen LogP contribution in [0.3, 0.4) is 0 Å². The minimum atomic E-state index is -4.37. The summed E-state index contributed by atoms with van der Waals surface area (Å²) < 4.78 is 49.3. The van der Waals surface area contributed by atoms with Crippen molar-refractivity contribution >= 4 is 11.3 Å². The first-order valence-electron chi connectivity index (χ1n) is 10.1. The van der Waals surface area contributed by atoms with Crippen molar-refractivity contribution in [3.05, 3.63) is 74.7 Å². The summed E-state index contributed by atoms with van der Waals surface area (Å²) in [6.07, 6.45) is -3.98. The standard InChI is InChI=1S/C23H20F3N3O3S/c1-4-18(31-16-9-10-17(12(2)11-16)20-28-22(30)32-29-20)19-13(3)27-21(33-19)14-5-7-15(8-6-14)23(24,25)26/h5-11,18H,4H2,1-3H3,(H,28,29,30). The smallest absolute Gasteiger partial charge is 0.439 e. The zero-order valence-electron chi connectivity index (χ0n) is 18.0. The number of ether oxygens (including phenoxy) is 1. The maximum atomic E-state index is 12.8. The van der Waals surface area contributed by atoms with Gasteiger partial charge in [-0.05, 0) is 56.2 Å². The Balaban J connectivity index is 1.56. The van der Waals surface area contributed by atoms with Crippen molar-refractivity contribution in [2.24, 2.45) is 0 Å². The van der Waals surface area contributed by atoms with Gasteiger partial charge in [-0.3, -0.25) is 9.51 Å². The molecule has 0 spiro atoms. The number of alkyl halides is 3. The number of halogens is 3. The Labute approximate surface area is 191 Å². The zero-order chi connectivity index (χ0) is 23.8. The van der Waals surface area contributed by atoms with Crippen LogP contribution in [0.15, 0.2) is 51.8 Å². The number of hydrogen-bond donors (Lipinski definition) is 1. The first kappa shape index (κ1) is 22.8. The van der Waals surface area contributed by atoms with E-state index in [0.29, 0.717) is 28.6 Å². The third-order valence-electron chi connectivity index (χ3n) is 5.13. The average molecular weight is 475 g/mol. The van der Waals surface area contributed by atoms with Crippen LogP contribution in [0.5, 0.6) is 5.75 Å².